The predicted molar refractivity (Wildman–Crippen MR) is 157 cm³/mol. The smallest absolute Gasteiger partial charge is 0.333 e. The van der Waals surface area contributed by atoms with E-state index in [0.717, 1.165) is 79.3 Å². The Hall–Kier alpha value is -3.35. The molecule has 2 heterocycles. The number of barbiturate groups is 2. The highest BCUT2D eigenvalue weighted by Crippen LogP contribution is 2.14. The van der Waals surface area contributed by atoms with Gasteiger partial charge in [0, 0.05) is 47.7 Å². The number of hydrogen-bond donors (Lipinski definition) is 0. The number of hydrogen-bond acceptors (Lipinski definition) is 8. The first-order valence-corrected chi connectivity index (χ1v) is 15.0. The van der Waals surface area contributed by atoms with Gasteiger partial charge in [-0.25, -0.2) is 9.59 Å². The van der Waals surface area contributed by atoms with Gasteiger partial charge in [0.2, 0.25) is 29.5 Å². The zero-order valence-corrected chi connectivity index (χ0v) is 26.4. The molecule has 0 N–H and O–H groups in total. The van der Waals surface area contributed by atoms with Crippen LogP contribution in [0.3, 0.4) is 0 Å². The van der Waals surface area contributed by atoms with Crippen molar-refractivity contribution >= 4 is 41.6 Å². The molecular weight excluding hydrogens is 544 g/mol. The molecule has 2 aliphatic rings. The number of unbranched alkanes of at least 4 members (excludes halogenated alkanes) is 6. The number of carbonyl (C=O) groups is 7. The summed E-state index contributed by atoms with van der Waals surface area (Å²) in [6, 6.07) is -1.03. The number of urea groups is 2. The Morgan fingerprint density at radius 2 is 1.02 bits per heavy atom. The SMILES string of the molecule is CCN(CC)CCCCCCN1C(=O)CC(=O)N(C)C1=O.CN(C)C(=O)CCCCCCN1C(=O)CC(=O)N(C)C1=O. The van der Waals surface area contributed by atoms with Gasteiger partial charge in [-0.2, -0.15) is 0 Å². The Balaban J connectivity index is 0.000000420. The van der Waals surface area contributed by atoms with Gasteiger partial charge in [-0.15, -0.1) is 0 Å². The molecular formula is C29H50N6O7. The molecule has 0 spiro atoms. The topological polar surface area (TPSA) is 139 Å². The molecule has 13 nitrogen and oxygen atoms in total. The Bertz CT molecular complexity index is 966. The first-order chi connectivity index (χ1) is 19.8. The van der Waals surface area contributed by atoms with Gasteiger partial charge in [-0.05, 0) is 45.3 Å². The summed E-state index contributed by atoms with van der Waals surface area (Å²) in [5.74, 6) is -1.56. The fraction of sp³-hybridized carbons (Fsp3) is 0.759. The fourth-order valence-corrected chi connectivity index (χ4v) is 4.54. The number of imide groups is 4. The largest absolute Gasteiger partial charge is 0.349 e. The molecule has 0 saturated carbocycles. The van der Waals surface area contributed by atoms with Gasteiger partial charge in [0.1, 0.15) is 12.8 Å². The van der Waals surface area contributed by atoms with Crippen molar-refractivity contribution < 1.29 is 33.6 Å². The lowest BCUT2D eigenvalue weighted by molar-refractivity contribution is -0.143. The summed E-state index contributed by atoms with van der Waals surface area (Å²) in [7, 11) is 6.27. The molecule has 238 valence electrons. The van der Waals surface area contributed by atoms with E-state index < -0.39 is 29.8 Å². The summed E-state index contributed by atoms with van der Waals surface area (Å²) >= 11 is 0. The summed E-state index contributed by atoms with van der Waals surface area (Å²) in [6.45, 7) is 8.33. The van der Waals surface area contributed by atoms with Crippen LogP contribution in [-0.4, -0.2) is 132 Å². The maximum Gasteiger partial charge on any atom is 0.333 e. The summed E-state index contributed by atoms with van der Waals surface area (Å²) in [5.41, 5.74) is 0. The predicted octanol–water partition coefficient (Wildman–Crippen LogP) is 2.54. The van der Waals surface area contributed by atoms with Gasteiger partial charge in [0.25, 0.3) is 0 Å². The fourth-order valence-electron chi connectivity index (χ4n) is 4.54. The zero-order valence-electron chi connectivity index (χ0n) is 26.4. The van der Waals surface area contributed by atoms with Crippen LogP contribution < -0.4 is 0 Å². The minimum Gasteiger partial charge on any atom is -0.349 e. The highest BCUT2D eigenvalue weighted by atomic mass is 16.2. The van der Waals surface area contributed by atoms with E-state index in [4.69, 9.17) is 0 Å². The third-order valence-electron chi connectivity index (χ3n) is 7.51. The molecule has 0 aromatic carbocycles. The highest BCUT2D eigenvalue weighted by Gasteiger charge is 2.35. The Labute approximate surface area is 250 Å². The molecule has 0 bridgehead atoms. The van der Waals surface area contributed by atoms with Crippen molar-refractivity contribution in [2.24, 2.45) is 0 Å². The molecule has 9 amide bonds. The maximum atomic E-state index is 11.8. The normalized spacial score (nSPS) is 16.0. The Morgan fingerprint density at radius 1 is 0.619 bits per heavy atom. The molecule has 13 heteroatoms. The summed E-state index contributed by atoms with van der Waals surface area (Å²) in [4.78, 5) is 89.3. The second kappa shape index (κ2) is 19.0. The van der Waals surface area contributed by atoms with Crippen LogP contribution >= 0.6 is 0 Å². The molecule has 2 rings (SSSR count). The van der Waals surface area contributed by atoms with Crippen molar-refractivity contribution in [2.75, 3.05) is 60.9 Å². The number of carbonyl (C=O) groups excluding carboxylic acids is 7. The van der Waals surface area contributed by atoms with Crippen molar-refractivity contribution in [3.8, 4) is 0 Å². The molecule has 0 aromatic rings. The standard InChI is InChI=1S/C15H27N3O3.C14H23N3O4/c1-4-17(5-2)10-8-6-7-9-11-18-14(20)12-13(19)16(3)15(18)21;1-15(2)11(18)8-6-4-5-7-9-17-13(20)10-12(19)16(3)14(17)21/h4-12H2,1-3H3;4-10H2,1-3H3. The van der Waals surface area contributed by atoms with E-state index in [1.54, 1.807) is 19.0 Å². The second-order valence-electron chi connectivity index (χ2n) is 10.8. The van der Waals surface area contributed by atoms with Gasteiger partial charge < -0.3 is 9.80 Å². The molecule has 42 heavy (non-hydrogen) atoms. The summed E-state index contributed by atoms with van der Waals surface area (Å²) < 4.78 is 0. The van der Waals surface area contributed by atoms with Crippen LogP contribution in [0, 0.1) is 0 Å². The van der Waals surface area contributed by atoms with E-state index in [9.17, 15) is 33.6 Å². The molecule has 2 saturated heterocycles. The number of rotatable bonds is 16. The van der Waals surface area contributed by atoms with Crippen molar-refractivity contribution in [3.05, 3.63) is 0 Å². The molecule has 2 aliphatic heterocycles. The molecule has 2 fully saturated rings. The van der Waals surface area contributed by atoms with Crippen LogP contribution in [-0.2, 0) is 24.0 Å². The lowest BCUT2D eigenvalue weighted by atomic mass is 10.1. The van der Waals surface area contributed by atoms with E-state index in [-0.39, 0.29) is 24.7 Å². The molecule has 0 radical (unpaired) electrons. The van der Waals surface area contributed by atoms with Crippen LogP contribution in [0.5, 0.6) is 0 Å². The summed E-state index contributed by atoms with van der Waals surface area (Å²) in [5, 5.41) is 0. The third-order valence-corrected chi connectivity index (χ3v) is 7.51. The Kier molecular flexibility index (Phi) is 16.6. The van der Waals surface area contributed by atoms with Crippen LogP contribution in [0.4, 0.5) is 9.59 Å². The molecule has 0 aliphatic carbocycles. The third kappa shape index (κ3) is 11.9. The summed E-state index contributed by atoms with van der Waals surface area (Å²) in [6.07, 6.45) is 7.35. The van der Waals surface area contributed by atoms with Gasteiger partial charge in [-0.3, -0.25) is 43.6 Å². The van der Waals surface area contributed by atoms with Gasteiger partial charge in [0.15, 0.2) is 0 Å². The van der Waals surface area contributed by atoms with Crippen LogP contribution in [0.15, 0.2) is 0 Å². The highest BCUT2D eigenvalue weighted by molar-refractivity contribution is 6.14. The number of amides is 9. The second-order valence-corrected chi connectivity index (χ2v) is 10.8. The van der Waals surface area contributed by atoms with E-state index in [1.165, 1.54) is 19.0 Å². The lowest BCUT2D eigenvalue weighted by Gasteiger charge is -2.30. The molecule has 0 aromatic heterocycles. The van der Waals surface area contributed by atoms with Crippen LogP contribution in [0.2, 0.25) is 0 Å². The molecule has 0 unspecified atom stereocenters. The first kappa shape index (κ1) is 36.7. The average Bonchev–Trinajstić information content (AvgIpc) is 2.95. The monoisotopic (exact) mass is 594 g/mol. The maximum absolute atomic E-state index is 11.8. The average molecular weight is 595 g/mol. The van der Waals surface area contributed by atoms with E-state index >= 15 is 0 Å². The lowest BCUT2D eigenvalue weighted by Crippen LogP contribution is -2.53. The quantitative estimate of drug-likeness (QED) is 0.196. The van der Waals surface area contributed by atoms with E-state index in [1.807, 2.05) is 0 Å². The van der Waals surface area contributed by atoms with Crippen LogP contribution in [0.1, 0.15) is 84.5 Å². The minimum atomic E-state index is -0.543. The van der Waals surface area contributed by atoms with Crippen molar-refractivity contribution in [2.45, 2.75) is 84.5 Å². The van der Waals surface area contributed by atoms with Gasteiger partial charge in [-0.1, -0.05) is 39.5 Å². The molecule has 0 atom stereocenters. The number of nitrogens with zero attached hydrogens (tertiary/aromatic N) is 6. The Morgan fingerprint density at radius 3 is 1.43 bits per heavy atom. The van der Waals surface area contributed by atoms with Crippen molar-refractivity contribution in [3.63, 3.8) is 0 Å². The van der Waals surface area contributed by atoms with Gasteiger partial charge in [0.05, 0.1) is 0 Å². The van der Waals surface area contributed by atoms with Gasteiger partial charge >= 0.3 is 12.1 Å². The van der Waals surface area contributed by atoms with E-state index in [0.29, 0.717) is 25.9 Å². The zero-order chi connectivity index (χ0) is 31.8. The van der Waals surface area contributed by atoms with E-state index in [2.05, 4.69) is 18.7 Å². The van der Waals surface area contributed by atoms with Crippen molar-refractivity contribution in [1.29, 1.82) is 0 Å². The van der Waals surface area contributed by atoms with Crippen molar-refractivity contribution in [1.82, 2.24) is 29.4 Å². The minimum absolute atomic E-state index is 0.108. The van der Waals surface area contributed by atoms with Crippen LogP contribution in [0.25, 0.3) is 0 Å². The first-order valence-electron chi connectivity index (χ1n) is 15.0.